The first-order valence-electron chi connectivity index (χ1n) is 7.48. The average Bonchev–Trinajstić information content (AvgIpc) is 2.61. The van der Waals surface area contributed by atoms with Crippen molar-refractivity contribution in [2.45, 2.75) is 11.8 Å². The Balaban J connectivity index is 1.67. The minimum atomic E-state index is -2.99. The average molecular weight is 377 g/mol. The van der Waals surface area contributed by atoms with Gasteiger partial charge in [-0.25, -0.2) is 4.98 Å². The van der Waals surface area contributed by atoms with Crippen molar-refractivity contribution in [2.75, 3.05) is 11.1 Å². The molecule has 0 unspecified atom stereocenters. The Morgan fingerprint density at radius 3 is 2.73 bits per heavy atom. The third kappa shape index (κ3) is 4.37. The summed E-state index contributed by atoms with van der Waals surface area (Å²) >= 11 is 1.03. The molecule has 1 heterocycles. The first kappa shape index (κ1) is 17.9. The Morgan fingerprint density at radius 1 is 1.19 bits per heavy atom. The maximum absolute atomic E-state index is 12.4. The number of nitrogens with zero attached hydrogens (tertiary/aromatic N) is 1. The Bertz CT molecular complexity index is 994. The van der Waals surface area contributed by atoms with Crippen LogP contribution in [0.4, 0.5) is 14.5 Å². The number of H-pyrrole nitrogens is 1. The fraction of sp³-hybridized carbons (Fsp3) is 0.118. The fourth-order valence-electron chi connectivity index (χ4n) is 2.22. The smallest absolute Gasteiger partial charge is 0.387 e. The van der Waals surface area contributed by atoms with E-state index in [0.29, 0.717) is 16.1 Å². The van der Waals surface area contributed by atoms with Crippen molar-refractivity contribution in [1.82, 2.24) is 9.97 Å². The molecule has 0 aliphatic heterocycles. The predicted molar refractivity (Wildman–Crippen MR) is 94.8 cm³/mol. The summed E-state index contributed by atoms with van der Waals surface area (Å²) in [6.45, 7) is -2.99. The van der Waals surface area contributed by atoms with Crippen LogP contribution in [0, 0.1) is 0 Å². The van der Waals surface area contributed by atoms with Gasteiger partial charge in [0.15, 0.2) is 5.16 Å². The van der Waals surface area contributed by atoms with Crippen LogP contribution in [0.3, 0.4) is 0 Å². The molecule has 0 aliphatic rings. The second-order valence-corrected chi connectivity index (χ2v) is 6.06. The third-order valence-corrected chi connectivity index (χ3v) is 4.18. The SMILES string of the molecule is O=C(CSc1nc2ccccc2c(=O)[nH]1)Nc1ccccc1OC(F)F. The third-order valence-electron chi connectivity index (χ3n) is 3.31. The van der Waals surface area contributed by atoms with Crippen LogP contribution in [0.5, 0.6) is 5.75 Å². The zero-order valence-electron chi connectivity index (χ0n) is 13.2. The molecule has 2 aromatic carbocycles. The lowest BCUT2D eigenvalue weighted by atomic mass is 10.2. The standard InChI is InChI=1S/C17H13F2N3O3S/c18-16(19)25-13-8-4-3-7-12(13)20-14(23)9-26-17-21-11-6-2-1-5-10(11)15(24)22-17/h1-8,16H,9H2,(H,20,23)(H,21,22,24). The van der Waals surface area contributed by atoms with Gasteiger partial charge in [-0.1, -0.05) is 36.0 Å². The molecule has 0 aliphatic carbocycles. The van der Waals surface area contributed by atoms with Gasteiger partial charge in [-0.2, -0.15) is 8.78 Å². The number of aromatic amines is 1. The highest BCUT2D eigenvalue weighted by Gasteiger charge is 2.12. The van der Waals surface area contributed by atoms with Crippen molar-refractivity contribution in [1.29, 1.82) is 0 Å². The van der Waals surface area contributed by atoms with Gasteiger partial charge in [-0.05, 0) is 24.3 Å². The predicted octanol–water partition coefficient (Wildman–Crippen LogP) is 3.26. The molecule has 0 radical (unpaired) electrons. The van der Waals surface area contributed by atoms with Crippen molar-refractivity contribution in [3.05, 3.63) is 58.9 Å². The van der Waals surface area contributed by atoms with Gasteiger partial charge >= 0.3 is 6.61 Å². The number of hydrogen-bond acceptors (Lipinski definition) is 5. The quantitative estimate of drug-likeness (QED) is 0.509. The lowest BCUT2D eigenvalue weighted by Crippen LogP contribution is -2.16. The summed E-state index contributed by atoms with van der Waals surface area (Å²) < 4.78 is 29.1. The molecule has 0 spiro atoms. The lowest BCUT2D eigenvalue weighted by Gasteiger charge is -2.11. The normalized spacial score (nSPS) is 10.9. The van der Waals surface area contributed by atoms with E-state index in [4.69, 9.17) is 0 Å². The molecule has 134 valence electrons. The highest BCUT2D eigenvalue weighted by Crippen LogP contribution is 2.26. The Morgan fingerprint density at radius 2 is 1.92 bits per heavy atom. The summed E-state index contributed by atoms with van der Waals surface area (Å²) in [5.74, 6) is -0.640. The fourth-order valence-corrected chi connectivity index (χ4v) is 2.89. The molecular weight excluding hydrogens is 364 g/mol. The van der Waals surface area contributed by atoms with E-state index < -0.39 is 12.5 Å². The molecule has 0 saturated heterocycles. The molecule has 1 amide bonds. The van der Waals surface area contributed by atoms with Gasteiger partial charge in [0.25, 0.3) is 5.56 Å². The number of aromatic nitrogens is 2. The first-order valence-corrected chi connectivity index (χ1v) is 8.47. The zero-order chi connectivity index (χ0) is 18.5. The van der Waals surface area contributed by atoms with Crippen molar-refractivity contribution in [3.63, 3.8) is 0 Å². The molecule has 6 nitrogen and oxygen atoms in total. The molecule has 26 heavy (non-hydrogen) atoms. The number of alkyl halides is 2. The number of para-hydroxylation sites is 3. The van der Waals surface area contributed by atoms with E-state index >= 15 is 0 Å². The number of amides is 1. The van der Waals surface area contributed by atoms with E-state index in [2.05, 4.69) is 20.0 Å². The van der Waals surface area contributed by atoms with Crippen LogP contribution in [0.2, 0.25) is 0 Å². The molecule has 1 aromatic heterocycles. The van der Waals surface area contributed by atoms with E-state index in [-0.39, 0.29) is 22.7 Å². The second kappa shape index (κ2) is 7.96. The number of nitrogens with one attached hydrogen (secondary N) is 2. The van der Waals surface area contributed by atoms with E-state index in [1.54, 1.807) is 30.3 Å². The number of rotatable bonds is 6. The largest absolute Gasteiger partial charge is 0.433 e. The number of halogens is 2. The number of ether oxygens (including phenoxy) is 1. The number of carbonyl (C=O) groups excluding carboxylic acids is 1. The van der Waals surface area contributed by atoms with Crippen molar-refractivity contribution >= 4 is 34.3 Å². The summed E-state index contributed by atoms with van der Waals surface area (Å²) in [7, 11) is 0. The molecule has 0 fully saturated rings. The molecular formula is C17H13F2N3O3S. The van der Waals surface area contributed by atoms with E-state index in [0.717, 1.165) is 11.8 Å². The minimum absolute atomic E-state index is 0.0652. The van der Waals surface area contributed by atoms with E-state index in [1.165, 1.54) is 18.2 Å². The Kier molecular flexibility index (Phi) is 5.47. The number of fused-ring (bicyclic) bond motifs is 1. The topological polar surface area (TPSA) is 84.1 Å². The van der Waals surface area contributed by atoms with Crippen molar-refractivity contribution < 1.29 is 18.3 Å². The van der Waals surface area contributed by atoms with Crippen LogP contribution in [0.25, 0.3) is 10.9 Å². The van der Waals surface area contributed by atoms with E-state index in [9.17, 15) is 18.4 Å². The van der Waals surface area contributed by atoms with Crippen LogP contribution >= 0.6 is 11.8 Å². The number of anilines is 1. The van der Waals surface area contributed by atoms with Crippen LogP contribution < -0.4 is 15.6 Å². The van der Waals surface area contributed by atoms with Crippen molar-refractivity contribution in [2.24, 2.45) is 0 Å². The number of hydrogen-bond donors (Lipinski definition) is 2. The Labute approximate surface area is 150 Å². The maximum atomic E-state index is 12.4. The lowest BCUT2D eigenvalue weighted by molar-refractivity contribution is -0.113. The van der Waals surface area contributed by atoms with Gasteiger partial charge in [0, 0.05) is 0 Å². The van der Waals surface area contributed by atoms with Crippen LogP contribution in [0.15, 0.2) is 58.5 Å². The summed E-state index contributed by atoms with van der Waals surface area (Å²) in [4.78, 5) is 30.9. The highest BCUT2D eigenvalue weighted by molar-refractivity contribution is 7.99. The molecule has 9 heteroatoms. The van der Waals surface area contributed by atoms with Gasteiger partial charge in [0.2, 0.25) is 5.91 Å². The van der Waals surface area contributed by atoms with Crippen LogP contribution in [-0.4, -0.2) is 28.2 Å². The summed E-state index contributed by atoms with van der Waals surface area (Å²) in [5, 5.41) is 3.25. The van der Waals surface area contributed by atoms with Gasteiger partial charge in [0.1, 0.15) is 5.75 Å². The van der Waals surface area contributed by atoms with Gasteiger partial charge in [-0.3, -0.25) is 9.59 Å². The summed E-state index contributed by atoms with van der Waals surface area (Å²) in [6.07, 6.45) is 0. The maximum Gasteiger partial charge on any atom is 0.387 e. The summed E-state index contributed by atoms with van der Waals surface area (Å²) in [5.41, 5.74) is 0.363. The Hall–Kier alpha value is -2.94. The monoisotopic (exact) mass is 377 g/mol. The van der Waals surface area contributed by atoms with Gasteiger partial charge in [-0.15, -0.1) is 0 Å². The molecule has 3 aromatic rings. The van der Waals surface area contributed by atoms with Crippen LogP contribution in [0.1, 0.15) is 0 Å². The van der Waals surface area contributed by atoms with Gasteiger partial charge in [0.05, 0.1) is 22.3 Å². The molecule has 0 saturated carbocycles. The van der Waals surface area contributed by atoms with Gasteiger partial charge < -0.3 is 15.0 Å². The molecule has 0 atom stereocenters. The minimum Gasteiger partial charge on any atom is -0.433 e. The number of benzene rings is 2. The summed E-state index contributed by atoms with van der Waals surface area (Å²) in [6, 6.07) is 12.7. The van der Waals surface area contributed by atoms with Crippen molar-refractivity contribution in [3.8, 4) is 5.75 Å². The molecule has 3 rings (SSSR count). The number of carbonyl (C=O) groups is 1. The zero-order valence-corrected chi connectivity index (χ0v) is 14.1. The van der Waals surface area contributed by atoms with E-state index in [1.807, 2.05) is 0 Å². The second-order valence-electron chi connectivity index (χ2n) is 5.10. The number of thioether (sulfide) groups is 1. The molecule has 0 bridgehead atoms. The highest BCUT2D eigenvalue weighted by atomic mass is 32.2. The van der Waals surface area contributed by atoms with Crippen LogP contribution in [-0.2, 0) is 4.79 Å². The first-order chi connectivity index (χ1) is 12.5. The molecule has 2 N–H and O–H groups in total.